The van der Waals surface area contributed by atoms with Crippen molar-refractivity contribution < 1.29 is 9.18 Å². The van der Waals surface area contributed by atoms with Crippen LogP contribution in [-0.4, -0.2) is 10.9 Å². The number of amides is 1. The highest BCUT2D eigenvalue weighted by Gasteiger charge is 2.14. The molecule has 5 nitrogen and oxygen atoms in total. The third-order valence-corrected chi connectivity index (χ3v) is 2.79. The summed E-state index contributed by atoms with van der Waals surface area (Å²) in [5.41, 5.74) is 2.62. The molecular weight excluding hydrogens is 315 g/mol. The Balaban J connectivity index is 2.30. The summed E-state index contributed by atoms with van der Waals surface area (Å²) in [5, 5.41) is 2.46. The molecule has 19 heavy (non-hydrogen) atoms. The number of nitrogen functional groups attached to an aromatic ring is 1. The van der Waals surface area contributed by atoms with Crippen molar-refractivity contribution in [2.75, 3.05) is 10.7 Å². The number of hydrazine groups is 1. The zero-order valence-corrected chi connectivity index (χ0v) is 11.2. The summed E-state index contributed by atoms with van der Waals surface area (Å²) in [7, 11) is 0. The van der Waals surface area contributed by atoms with Crippen molar-refractivity contribution >= 4 is 33.3 Å². The third kappa shape index (κ3) is 3.07. The zero-order valence-electron chi connectivity index (χ0n) is 9.65. The number of aromatic nitrogens is 1. The lowest BCUT2D eigenvalue weighted by Crippen LogP contribution is -2.18. The Kier molecular flexibility index (Phi) is 4.08. The Bertz CT molecular complexity index is 620. The molecule has 2 rings (SSSR count). The molecule has 1 heterocycles. The van der Waals surface area contributed by atoms with E-state index in [1.165, 1.54) is 18.3 Å². The fraction of sp³-hybridized carbons (Fsp3) is 0. The monoisotopic (exact) mass is 324 g/mol. The number of carbonyl (C=O) groups excluding carboxylic acids is 1. The molecule has 0 bridgehead atoms. The topological polar surface area (TPSA) is 80.0 Å². The number of benzene rings is 1. The van der Waals surface area contributed by atoms with E-state index in [2.05, 4.69) is 31.7 Å². The lowest BCUT2D eigenvalue weighted by molar-refractivity contribution is 0.102. The minimum Gasteiger partial charge on any atom is -0.319 e. The predicted molar refractivity (Wildman–Crippen MR) is 74.1 cm³/mol. The van der Waals surface area contributed by atoms with Crippen molar-refractivity contribution in [1.29, 1.82) is 0 Å². The summed E-state index contributed by atoms with van der Waals surface area (Å²) in [5.74, 6) is 4.47. The van der Waals surface area contributed by atoms with Gasteiger partial charge in [-0.15, -0.1) is 0 Å². The molecule has 0 fully saturated rings. The Morgan fingerprint density at radius 3 is 2.79 bits per heavy atom. The minimum atomic E-state index is -0.513. The number of nitrogens with one attached hydrogen (secondary N) is 2. The van der Waals surface area contributed by atoms with Gasteiger partial charge in [-0.25, -0.2) is 15.2 Å². The molecule has 4 N–H and O–H groups in total. The molecule has 0 aliphatic carbocycles. The molecule has 0 radical (unpaired) electrons. The van der Waals surface area contributed by atoms with Gasteiger partial charge in [0.25, 0.3) is 5.91 Å². The van der Waals surface area contributed by atoms with Crippen molar-refractivity contribution in [1.82, 2.24) is 4.98 Å². The second-order valence-corrected chi connectivity index (χ2v) is 4.54. The van der Waals surface area contributed by atoms with Gasteiger partial charge in [-0.1, -0.05) is 12.1 Å². The van der Waals surface area contributed by atoms with E-state index in [-0.39, 0.29) is 17.1 Å². The van der Waals surface area contributed by atoms with Crippen LogP contribution >= 0.6 is 15.9 Å². The molecule has 0 aliphatic rings. The number of rotatable bonds is 3. The van der Waals surface area contributed by atoms with Crippen molar-refractivity contribution in [3.8, 4) is 0 Å². The maximum Gasteiger partial charge on any atom is 0.259 e. The van der Waals surface area contributed by atoms with E-state index in [1.807, 2.05) is 0 Å². The van der Waals surface area contributed by atoms with E-state index < -0.39 is 11.7 Å². The summed E-state index contributed by atoms with van der Waals surface area (Å²) >= 11 is 3.21. The first-order chi connectivity index (χ1) is 9.11. The van der Waals surface area contributed by atoms with Crippen LogP contribution in [0.4, 0.5) is 15.9 Å². The average Bonchev–Trinajstić information content (AvgIpc) is 2.41. The number of anilines is 2. The predicted octanol–water partition coefficient (Wildman–Crippen LogP) is 2.52. The Morgan fingerprint density at radius 1 is 1.37 bits per heavy atom. The van der Waals surface area contributed by atoms with E-state index in [4.69, 9.17) is 5.84 Å². The number of carbonyl (C=O) groups is 1. The maximum atomic E-state index is 13.4. The molecule has 0 atom stereocenters. The van der Waals surface area contributed by atoms with Gasteiger partial charge in [0.15, 0.2) is 5.82 Å². The SMILES string of the molecule is NNc1ncc(Br)cc1C(=O)Nc1ccccc1F. The fourth-order valence-electron chi connectivity index (χ4n) is 1.48. The lowest BCUT2D eigenvalue weighted by Gasteiger charge is -2.09. The summed E-state index contributed by atoms with van der Waals surface area (Å²) in [6.45, 7) is 0. The minimum absolute atomic E-state index is 0.0930. The number of hydrogen-bond donors (Lipinski definition) is 3. The van der Waals surface area contributed by atoms with Gasteiger partial charge in [0.1, 0.15) is 5.82 Å². The first kappa shape index (κ1) is 13.4. The fourth-order valence-corrected chi connectivity index (χ4v) is 1.81. The zero-order chi connectivity index (χ0) is 13.8. The van der Waals surface area contributed by atoms with Gasteiger partial charge >= 0.3 is 0 Å². The quantitative estimate of drug-likeness (QED) is 0.598. The normalized spacial score (nSPS) is 10.1. The second-order valence-electron chi connectivity index (χ2n) is 3.63. The van der Waals surface area contributed by atoms with Crippen LogP contribution in [0.3, 0.4) is 0 Å². The van der Waals surface area contributed by atoms with E-state index in [0.717, 1.165) is 0 Å². The van der Waals surface area contributed by atoms with Crippen LogP contribution in [0.2, 0.25) is 0 Å². The van der Waals surface area contributed by atoms with Crippen molar-refractivity contribution in [2.24, 2.45) is 5.84 Å². The van der Waals surface area contributed by atoms with E-state index in [0.29, 0.717) is 4.47 Å². The number of nitrogens with two attached hydrogens (primary N) is 1. The third-order valence-electron chi connectivity index (χ3n) is 2.36. The van der Waals surface area contributed by atoms with Crippen LogP contribution in [0, 0.1) is 5.82 Å². The van der Waals surface area contributed by atoms with E-state index >= 15 is 0 Å². The number of pyridine rings is 1. The smallest absolute Gasteiger partial charge is 0.259 e. The van der Waals surface area contributed by atoms with Gasteiger partial charge in [-0.2, -0.15) is 0 Å². The summed E-state index contributed by atoms with van der Waals surface area (Å²) < 4.78 is 14.1. The van der Waals surface area contributed by atoms with Crippen LogP contribution in [-0.2, 0) is 0 Å². The van der Waals surface area contributed by atoms with Crippen molar-refractivity contribution in [3.05, 3.63) is 52.4 Å². The summed E-state index contributed by atoms with van der Waals surface area (Å²) in [6, 6.07) is 7.43. The van der Waals surface area contributed by atoms with Crippen molar-refractivity contribution in [3.63, 3.8) is 0 Å². The van der Waals surface area contributed by atoms with Crippen molar-refractivity contribution in [2.45, 2.75) is 0 Å². The highest BCUT2D eigenvalue weighted by Crippen LogP contribution is 2.20. The molecule has 2 aromatic rings. The Labute approximate surface area is 117 Å². The number of halogens is 2. The molecule has 0 unspecified atom stereocenters. The van der Waals surface area contributed by atoms with Gasteiger partial charge in [-0.05, 0) is 34.1 Å². The van der Waals surface area contributed by atoms with Crippen LogP contribution in [0.25, 0.3) is 0 Å². The molecule has 0 saturated carbocycles. The highest BCUT2D eigenvalue weighted by molar-refractivity contribution is 9.10. The van der Waals surface area contributed by atoms with Gasteiger partial charge in [0, 0.05) is 10.7 Å². The van der Waals surface area contributed by atoms with E-state index in [9.17, 15) is 9.18 Å². The largest absolute Gasteiger partial charge is 0.319 e. The van der Waals surface area contributed by atoms with Gasteiger partial charge in [-0.3, -0.25) is 4.79 Å². The second kappa shape index (κ2) is 5.77. The van der Waals surface area contributed by atoms with Gasteiger partial charge < -0.3 is 10.7 Å². The molecule has 1 aromatic heterocycles. The maximum absolute atomic E-state index is 13.4. The van der Waals surface area contributed by atoms with Crippen LogP contribution in [0.5, 0.6) is 0 Å². The first-order valence-electron chi connectivity index (χ1n) is 5.30. The standard InChI is InChI=1S/C12H10BrFN4O/c13-7-5-8(11(18-15)16-6-7)12(19)17-10-4-2-1-3-9(10)14/h1-6H,15H2,(H,16,18)(H,17,19). The lowest BCUT2D eigenvalue weighted by atomic mass is 10.2. The van der Waals surface area contributed by atoms with Crippen LogP contribution in [0.1, 0.15) is 10.4 Å². The number of nitrogens with zero attached hydrogens (tertiary/aromatic N) is 1. The molecule has 1 aromatic carbocycles. The summed E-state index contributed by atoms with van der Waals surface area (Å²) in [4.78, 5) is 16.0. The van der Waals surface area contributed by atoms with Crippen LogP contribution in [0.15, 0.2) is 41.0 Å². The highest BCUT2D eigenvalue weighted by atomic mass is 79.9. The molecule has 98 valence electrons. The molecule has 7 heteroatoms. The Morgan fingerprint density at radius 2 is 2.11 bits per heavy atom. The molecule has 0 spiro atoms. The summed E-state index contributed by atoms with van der Waals surface area (Å²) in [6.07, 6.45) is 1.50. The molecule has 1 amide bonds. The Hall–Kier alpha value is -1.99. The average molecular weight is 325 g/mol. The molecular formula is C12H10BrFN4O. The van der Waals surface area contributed by atoms with Gasteiger partial charge in [0.2, 0.25) is 0 Å². The first-order valence-corrected chi connectivity index (χ1v) is 6.09. The molecule has 0 aliphatic heterocycles. The number of para-hydroxylation sites is 1. The van der Waals surface area contributed by atoms with Gasteiger partial charge in [0.05, 0.1) is 11.3 Å². The number of hydrogen-bond acceptors (Lipinski definition) is 4. The van der Waals surface area contributed by atoms with Crippen LogP contribution < -0.4 is 16.6 Å². The molecule has 0 saturated heterocycles. The van der Waals surface area contributed by atoms with E-state index in [1.54, 1.807) is 18.2 Å².